The Hall–Kier alpha value is -3.91. The van der Waals surface area contributed by atoms with Crippen LogP contribution < -0.4 is 5.32 Å². The fraction of sp³-hybridized carbons (Fsp3) is 0.548. The van der Waals surface area contributed by atoms with Gasteiger partial charge in [-0.25, -0.2) is 9.18 Å². The lowest BCUT2D eigenvalue weighted by atomic mass is 9.97. The Morgan fingerprint density at radius 3 is 2.64 bits per heavy atom. The van der Waals surface area contributed by atoms with Crippen LogP contribution in [-0.2, 0) is 20.7 Å². The van der Waals surface area contributed by atoms with Crippen molar-refractivity contribution in [1.82, 2.24) is 15.1 Å². The summed E-state index contributed by atoms with van der Waals surface area (Å²) in [5.74, 6) is -0.831. The zero-order valence-corrected chi connectivity index (χ0v) is 24.8. The van der Waals surface area contributed by atoms with Gasteiger partial charge < -0.3 is 24.1 Å². The molecule has 1 aliphatic heterocycles. The van der Waals surface area contributed by atoms with Crippen LogP contribution in [0.25, 0.3) is 11.3 Å². The molecule has 4 rings (SSSR count). The molecular weight excluding hydrogens is 543 g/mol. The molecule has 2 bridgehead atoms. The van der Waals surface area contributed by atoms with E-state index in [-0.39, 0.29) is 35.6 Å². The minimum absolute atomic E-state index is 0.00710. The summed E-state index contributed by atoms with van der Waals surface area (Å²) in [6.45, 7) is 8.48. The highest BCUT2D eigenvalue weighted by atomic mass is 19.1. The van der Waals surface area contributed by atoms with Crippen LogP contribution >= 0.6 is 0 Å². The second-order valence-electron chi connectivity index (χ2n) is 11.8. The average molecular weight is 583 g/mol. The van der Waals surface area contributed by atoms with Gasteiger partial charge in [-0.3, -0.25) is 14.5 Å². The highest BCUT2D eigenvalue weighted by molar-refractivity contribution is 5.92. The molecule has 2 aliphatic rings. The molecule has 0 unspecified atom stereocenters. The van der Waals surface area contributed by atoms with Crippen LogP contribution in [0.3, 0.4) is 0 Å². The first-order valence-corrected chi connectivity index (χ1v) is 14.3. The van der Waals surface area contributed by atoms with E-state index in [4.69, 9.17) is 13.9 Å². The van der Waals surface area contributed by atoms with E-state index in [0.29, 0.717) is 37.4 Å². The molecule has 1 aromatic carbocycles. The van der Waals surface area contributed by atoms with Gasteiger partial charge in [-0.2, -0.15) is 5.26 Å². The molecule has 3 amide bonds. The van der Waals surface area contributed by atoms with Gasteiger partial charge in [0.1, 0.15) is 29.3 Å². The van der Waals surface area contributed by atoms with E-state index in [1.165, 1.54) is 17.0 Å². The van der Waals surface area contributed by atoms with Crippen molar-refractivity contribution in [3.8, 4) is 17.4 Å². The van der Waals surface area contributed by atoms with Crippen molar-refractivity contribution in [2.24, 2.45) is 5.92 Å². The number of carbonyl (C=O) groups is 3. The number of rotatable bonds is 10. The van der Waals surface area contributed by atoms with Gasteiger partial charge in [0.15, 0.2) is 5.76 Å². The summed E-state index contributed by atoms with van der Waals surface area (Å²) in [7, 11) is 1.56. The summed E-state index contributed by atoms with van der Waals surface area (Å²) in [5, 5.41) is 12.5. The third-order valence-corrected chi connectivity index (χ3v) is 7.74. The van der Waals surface area contributed by atoms with Crippen molar-refractivity contribution in [3.63, 3.8) is 0 Å². The van der Waals surface area contributed by atoms with Crippen LogP contribution in [0.1, 0.15) is 63.1 Å². The number of likely N-dealkylation sites (tertiary alicyclic amines) is 1. The molecule has 4 atom stereocenters. The van der Waals surface area contributed by atoms with E-state index in [1.54, 1.807) is 51.0 Å². The minimum Gasteiger partial charge on any atom is -0.451 e. The van der Waals surface area contributed by atoms with Crippen LogP contribution in [0.15, 0.2) is 34.7 Å². The molecule has 2 heterocycles. The lowest BCUT2D eigenvalue weighted by Gasteiger charge is -2.35. The maximum atomic E-state index is 15.2. The number of piperidine rings is 1. The van der Waals surface area contributed by atoms with Crippen molar-refractivity contribution in [2.75, 3.05) is 26.8 Å². The van der Waals surface area contributed by atoms with Crippen LogP contribution in [-0.4, -0.2) is 78.2 Å². The van der Waals surface area contributed by atoms with Crippen LogP contribution in [0.4, 0.5) is 9.18 Å². The van der Waals surface area contributed by atoms with Gasteiger partial charge in [0, 0.05) is 38.2 Å². The Balaban J connectivity index is 1.42. The molecule has 0 radical (unpaired) electrons. The summed E-state index contributed by atoms with van der Waals surface area (Å²) >= 11 is 0. The number of furan rings is 1. The van der Waals surface area contributed by atoms with E-state index in [1.807, 2.05) is 13.0 Å². The van der Waals surface area contributed by atoms with E-state index >= 15 is 4.39 Å². The SMILES string of the molecule is CCN(CCOC)C(=O)c1ccc(-c2ccc(C[C@@H](C#N)NC(=O)[C@@H]3[C@H]4CC[C@H](C4)N3C(=O)OC(C)(C)C)c(F)c2)o1. The maximum Gasteiger partial charge on any atom is 0.411 e. The number of hydrogen-bond donors (Lipinski definition) is 1. The smallest absolute Gasteiger partial charge is 0.411 e. The lowest BCUT2D eigenvalue weighted by Crippen LogP contribution is -2.55. The molecule has 1 aliphatic carbocycles. The summed E-state index contributed by atoms with van der Waals surface area (Å²) in [4.78, 5) is 42.1. The molecule has 2 fully saturated rings. The lowest BCUT2D eigenvalue weighted by molar-refractivity contribution is -0.128. The molecule has 2 aromatic rings. The number of likely N-dealkylation sites (N-methyl/N-ethyl adjacent to an activating group) is 1. The maximum absolute atomic E-state index is 15.2. The standard InChI is InChI=1S/C31H39FN4O6/c1-6-35(13-14-40-5)29(38)26-12-11-25(41-26)20-8-7-19(24(32)17-20)15-22(18-33)34-28(37)27-21-9-10-23(16-21)36(27)30(39)42-31(2,3)4/h7-8,11-12,17,21-23,27H,6,9-10,13-16H2,1-5H3,(H,34,37)/t21-,22-,23+,27-/m0/s1. The molecule has 11 heteroatoms. The van der Waals surface area contributed by atoms with Gasteiger partial charge in [0.05, 0.1) is 12.7 Å². The fourth-order valence-electron chi connectivity index (χ4n) is 5.74. The highest BCUT2D eigenvalue weighted by Gasteiger charge is 2.52. The quantitative estimate of drug-likeness (QED) is 0.436. The molecule has 1 N–H and O–H groups in total. The predicted molar refractivity (Wildman–Crippen MR) is 152 cm³/mol. The second kappa shape index (κ2) is 12.9. The topological polar surface area (TPSA) is 125 Å². The van der Waals surface area contributed by atoms with Crippen LogP contribution in [0, 0.1) is 23.1 Å². The molecule has 10 nitrogen and oxygen atoms in total. The van der Waals surface area contributed by atoms with Gasteiger partial charge in [0.25, 0.3) is 5.91 Å². The molecule has 1 saturated heterocycles. The third-order valence-electron chi connectivity index (χ3n) is 7.74. The van der Waals surface area contributed by atoms with Crippen LogP contribution in [0.2, 0.25) is 0 Å². The number of nitriles is 1. The van der Waals surface area contributed by atoms with E-state index in [2.05, 4.69) is 5.32 Å². The van der Waals surface area contributed by atoms with E-state index < -0.39 is 35.5 Å². The zero-order chi connectivity index (χ0) is 30.6. The number of ether oxygens (including phenoxy) is 2. The molecule has 42 heavy (non-hydrogen) atoms. The highest BCUT2D eigenvalue weighted by Crippen LogP contribution is 2.43. The van der Waals surface area contributed by atoms with Gasteiger partial charge in [-0.05, 0) is 76.6 Å². The van der Waals surface area contributed by atoms with Gasteiger partial charge in [0.2, 0.25) is 5.91 Å². The Labute approximate surface area is 245 Å². The number of carbonyl (C=O) groups excluding carboxylic acids is 3. The van der Waals surface area contributed by atoms with E-state index in [0.717, 1.165) is 12.8 Å². The molecule has 226 valence electrons. The molecule has 0 spiro atoms. The number of halogens is 1. The number of nitrogens with one attached hydrogen (secondary N) is 1. The number of benzene rings is 1. The summed E-state index contributed by atoms with van der Waals surface area (Å²) in [6.07, 6.45) is 1.75. The zero-order valence-electron chi connectivity index (χ0n) is 24.8. The Bertz CT molecular complexity index is 1350. The first-order chi connectivity index (χ1) is 19.9. The van der Waals surface area contributed by atoms with Crippen molar-refractivity contribution in [3.05, 3.63) is 47.5 Å². The Kier molecular flexibility index (Phi) is 9.57. The van der Waals surface area contributed by atoms with Crippen molar-refractivity contribution < 1.29 is 32.7 Å². The average Bonchev–Trinajstić information content (AvgIpc) is 3.69. The van der Waals surface area contributed by atoms with Crippen molar-refractivity contribution in [2.45, 2.75) is 77.1 Å². The summed E-state index contributed by atoms with van der Waals surface area (Å²) in [6, 6.07) is 7.87. The molecule has 1 saturated carbocycles. The number of methoxy groups -OCH3 is 1. The van der Waals surface area contributed by atoms with Gasteiger partial charge >= 0.3 is 6.09 Å². The number of nitrogens with zero attached hydrogens (tertiary/aromatic N) is 3. The summed E-state index contributed by atoms with van der Waals surface area (Å²) in [5.41, 5.74) is -0.0317. The van der Waals surface area contributed by atoms with Gasteiger partial charge in [-0.1, -0.05) is 12.1 Å². The largest absolute Gasteiger partial charge is 0.451 e. The normalized spacial score (nSPS) is 20.2. The first kappa shape index (κ1) is 31.0. The molecular formula is C31H39FN4O6. The number of amides is 3. The van der Waals surface area contributed by atoms with E-state index in [9.17, 15) is 19.6 Å². The minimum atomic E-state index is -1.00. The Morgan fingerprint density at radius 1 is 1.24 bits per heavy atom. The number of fused-ring (bicyclic) bond motifs is 2. The Morgan fingerprint density at radius 2 is 2.00 bits per heavy atom. The monoisotopic (exact) mass is 582 g/mol. The van der Waals surface area contributed by atoms with Crippen molar-refractivity contribution in [1.29, 1.82) is 5.26 Å². The fourth-order valence-corrected chi connectivity index (χ4v) is 5.74. The summed E-state index contributed by atoms with van der Waals surface area (Å²) < 4.78 is 31.5. The predicted octanol–water partition coefficient (Wildman–Crippen LogP) is 4.53. The first-order valence-electron chi connectivity index (χ1n) is 14.3. The van der Waals surface area contributed by atoms with Gasteiger partial charge in [-0.15, -0.1) is 0 Å². The van der Waals surface area contributed by atoms with Crippen molar-refractivity contribution >= 4 is 17.9 Å². The second-order valence-corrected chi connectivity index (χ2v) is 11.8. The third kappa shape index (κ3) is 6.93. The number of hydrogen-bond acceptors (Lipinski definition) is 7. The molecule has 1 aromatic heterocycles. The van der Waals surface area contributed by atoms with Crippen LogP contribution in [0.5, 0.6) is 0 Å².